The zero-order valence-corrected chi connectivity index (χ0v) is 32.0. The van der Waals surface area contributed by atoms with Crippen molar-refractivity contribution in [2.45, 2.75) is 92.9 Å². The molecule has 0 amide bonds. The molecule has 0 atom stereocenters. The molecule has 0 saturated heterocycles. The van der Waals surface area contributed by atoms with Crippen LogP contribution in [0.5, 0.6) is 0 Å². The minimum absolute atomic E-state index is 0.600. The van der Waals surface area contributed by atoms with Crippen molar-refractivity contribution in [1.82, 2.24) is 0 Å². The van der Waals surface area contributed by atoms with Gasteiger partial charge in [0.1, 0.15) is 0 Å². The van der Waals surface area contributed by atoms with E-state index >= 15 is 0 Å². The van der Waals surface area contributed by atoms with Gasteiger partial charge in [0.15, 0.2) is 0 Å². The van der Waals surface area contributed by atoms with E-state index in [-0.39, 0.29) is 0 Å². The van der Waals surface area contributed by atoms with Crippen LogP contribution >= 0.6 is 17.0 Å². The van der Waals surface area contributed by atoms with E-state index in [0.717, 1.165) is 5.19 Å². The van der Waals surface area contributed by atoms with Gasteiger partial charge in [0.25, 0.3) is 0 Å². The molecule has 0 aliphatic heterocycles. The van der Waals surface area contributed by atoms with E-state index in [4.69, 9.17) is 17.0 Å². The summed E-state index contributed by atoms with van der Waals surface area (Å²) in [5, 5.41) is 6.83. The molecule has 221 valence electrons. The van der Waals surface area contributed by atoms with Crippen LogP contribution < -0.4 is 5.19 Å². The van der Waals surface area contributed by atoms with Gasteiger partial charge in [-0.2, -0.15) is 12.1 Å². The number of fused-ring (bicyclic) bond motifs is 2. The third-order valence-electron chi connectivity index (χ3n) is 7.39. The molecule has 5 aromatic carbocycles. The Bertz CT molecular complexity index is 1410. The van der Waals surface area contributed by atoms with Crippen molar-refractivity contribution in [2.75, 3.05) is 0 Å². The molecule has 0 heterocycles. The van der Waals surface area contributed by atoms with Gasteiger partial charge in [0.2, 0.25) is 0 Å². The average molecular weight is 694 g/mol. The van der Waals surface area contributed by atoms with E-state index in [9.17, 15) is 0 Å². The average Bonchev–Trinajstić information content (AvgIpc) is 3.49. The maximum absolute atomic E-state index is 4.93. The predicted molar refractivity (Wildman–Crippen MR) is 188 cm³/mol. The third kappa shape index (κ3) is 10.9. The van der Waals surface area contributed by atoms with Gasteiger partial charge in [-0.05, 0) is 23.7 Å². The van der Waals surface area contributed by atoms with Crippen LogP contribution in [-0.4, -0.2) is 10.2 Å². The van der Waals surface area contributed by atoms with Crippen LogP contribution in [0.1, 0.15) is 112 Å². The normalized spacial score (nSPS) is 10.8. The maximum Gasteiger partial charge on any atom is 0.0711 e. The largest absolute Gasteiger partial charge is 0.0711 e. The van der Waals surface area contributed by atoms with Gasteiger partial charge in [0.05, 0.1) is 10.2 Å². The molecule has 0 aromatic heterocycles. The van der Waals surface area contributed by atoms with Gasteiger partial charge < -0.3 is 0 Å². The van der Waals surface area contributed by atoms with Gasteiger partial charge in [0, 0.05) is 0 Å². The smallest absolute Gasteiger partial charge is 0.0674 e. The molecule has 0 nitrogen and oxygen atoms in total. The Hall–Kier alpha value is -1.44. The van der Waals surface area contributed by atoms with E-state index in [2.05, 4.69) is 128 Å². The van der Waals surface area contributed by atoms with Crippen LogP contribution in [0.2, 0.25) is 0 Å². The molecule has 0 fully saturated rings. The first-order valence-corrected chi connectivity index (χ1v) is 21.8. The van der Waals surface area contributed by atoms with Gasteiger partial charge in [-0.25, -0.2) is 0 Å². The maximum atomic E-state index is 4.93. The van der Waals surface area contributed by atoms with Gasteiger partial charge in [-0.15, -0.1) is 56.9 Å². The van der Waals surface area contributed by atoms with Gasteiger partial charge in [-0.1, -0.05) is 139 Å². The minimum atomic E-state index is -0.826. The van der Waals surface area contributed by atoms with Crippen molar-refractivity contribution in [2.24, 2.45) is 0 Å². The van der Waals surface area contributed by atoms with Crippen LogP contribution in [-0.2, 0) is 20.8 Å². The fourth-order valence-electron chi connectivity index (χ4n) is 5.11. The molecule has 42 heavy (non-hydrogen) atoms. The van der Waals surface area contributed by atoms with Crippen LogP contribution in [0.4, 0.5) is 0 Å². The molecular weight excluding hydrogens is 647 g/mol. The van der Waals surface area contributed by atoms with E-state index in [1.165, 1.54) is 54.9 Å². The zero-order chi connectivity index (χ0) is 31.6. The predicted octanol–water partition coefficient (Wildman–Crippen LogP) is 12.1. The van der Waals surface area contributed by atoms with E-state index in [0.29, 0.717) is 23.7 Å². The molecule has 0 unspecified atom stereocenters. The van der Waals surface area contributed by atoms with Crippen molar-refractivity contribution in [3.63, 3.8) is 0 Å². The molecule has 0 aliphatic carbocycles. The third-order valence-corrected chi connectivity index (χ3v) is 7.73. The molecule has 0 saturated carbocycles. The molecular formula is C38H47Cl2SiZr. The molecule has 5 aromatic rings. The Morgan fingerprint density at radius 3 is 1.19 bits per heavy atom. The second-order valence-electron chi connectivity index (χ2n) is 12.3. The summed E-state index contributed by atoms with van der Waals surface area (Å²) in [5.74, 6) is 2.42. The van der Waals surface area contributed by atoms with E-state index < -0.39 is 20.8 Å². The molecule has 0 aliphatic rings. The van der Waals surface area contributed by atoms with Crippen LogP contribution in [0.15, 0.2) is 78.9 Å². The Morgan fingerprint density at radius 2 is 0.929 bits per heavy atom. The zero-order valence-electron chi connectivity index (χ0n) is 27.1. The van der Waals surface area contributed by atoms with Gasteiger partial charge in [-0.3, -0.25) is 0 Å². The summed E-state index contributed by atoms with van der Waals surface area (Å²) < 4.78 is 0. The molecule has 4 heteroatoms. The molecule has 5 rings (SSSR count). The Balaban J connectivity index is 0.000000223. The first-order valence-electron chi connectivity index (χ1n) is 14.9. The van der Waals surface area contributed by atoms with Crippen LogP contribution in [0.25, 0.3) is 21.5 Å². The van der Waals surface area contributed by atoms with E-state index in [1.807, 2.05) is 30.3 Å². The summed E-state index contributed by atoms with van der Waals surface area (Å²) in [7, 11) is 13.2. The molecule has 0 N–H and O–H groups in total. The Labute approximate surface area is 278 Å². The first kappa shape index (κ1) is 36.8. The quantitative estimate of drug-likeness (QED) is 0.130. The number of rotatable bonds is 4. The second kappa shape index (κ2) is 17.8. The summed E-state index contributed by atoms with van der Waals surface area (Å²) >= 11 is -0.826. The molecule has 3 radical (unpaired) electrons. The number of aryl methyl sites for hydroxylation is 2. The first-order chi connectivity index (χ1) is 19.8. The monoisotopic (exact) mass is 691 g/mol. The van der Waals surface area contributed by atoms with Crippen molar-refractivity contribution in [3.05, 3.63) is 112 Å². The van der Waals surface area contributed by atoms with Crippen molar-refractivity contribution < 1.29 is 20.8 Å². The van der Waals surface area contributed by atoms with Crippen LogP contribution in [0, 0.1) is 13.8 Å². The fraction of sp³-hybridized carbons (Fsp3) is 0.368. The topological polar surface area (TPSA) is 0 Å². The number of hydrogen-bond donors (Lipinski definition) is 0. The van der Waals surface area contributed by atoms with Gasteiger partial charge >= 0.3 is 37.9 Å². The van der Waals surface area contributed by atoms with E-state index in [1.54, 1.807) is 0 Å². The number of halogens is 2. The van der Waals surface area contributed by atoms with Crippen LogP contribution in [0.3, 0.4) is 0 Å². The Morgan fingerprint density at radius 1 is 0.571 bits per heavy atom. The minimum Gasteiger partial charge on any atom is -0.0674 e. The second-order valence-corrected chi connectivity index (χ2v) is 16.7. The molecule has 0 bridgehead atoms. The SMILES string of the molecule is Cc1cc2c(C(C)C)cc(C(C)C)cc2[cH-]1.Cc1cc2c(C(C)C)cc(C(C)C)cc2[cH-]1.[Cl][Zr+2][Cl].[Si]c1ccccc1. The summed E-state index contributed by atoms with van der Waals surface area (Å²) in [5.41, 5.74) is 8.66. The fourth-order valence-corrected chi connectivity index (χ4v) is 5.30. The number of benzene rings is 3. The van der Waals surface area contributed by atoms with Crippen molar-refractivity contribution in [1.29, 1.82) is 0 Å². The Kier molecular flexibility index (Phi) is 15.5. The van der Waals surface area contributed by atoms with Crippen molar-refractivity contribution in [3.8, 4) is 0 Å². The standard InChI is InChI=1S/2C16H21.C6H5Si.2ClH.Zr/c2*1-10(2)13-8-14-6-12(5)7-16(14)15(9-13)11(3)4;7-6-4-2-1-3-5-6;;;/h2*6-11H,1-5H3;1-5H;2*1H;/q2*-1;;;;+4/p-2. The molecule has 0 spiro atoms. The summed E-state index contributed by atoms with van der Waals surface area (Å²) in [4.78, 5) is 0. The summed E-state index contributed by atoms with van der Waals surface area (Å²) in [6.07, 6.45) is 0. The van der Waals surface area contributed by atoms with Crippen molar-refractivity contribution >= 4 is 54.0 Å². The number of hydrogen-bond acceptors (Lipinski definition) is 0. The summed E-state index contributed by atoms with van der Waals surface area (Å²) in [6.45, 7) is 22.5. The summed E-state index contributed by atoms with van der Waals surface area (Å²) in [6, 6.07) is 28.7.